The van der Waals surface area contributed by atoms with Crippen LogP contribution in [0.15, 0.2) is 23.1 Å². The fourth-order valence-corrected chi connectivity index (χ4v) is 3.02. The molecule has 0 spiro atoms. The maximum absolute atomic E-state index is 11.9. The highest BCUT2D eigenvalue weighted by Crippen LogP contribution is 2.22. The van der Waals surface area contributed by atoms with Crippen molar-refractivity contribution in [1.29, 1.82) is 0 Å². The van der Waals surface area contributed by atoms with Crippen LogP contribution in [0.3, 0.4) is 0 Å². The van der Waals surface area contributed by atoms with E-state index in [2.05, 4.69) is 4.72 Å². The molecule has 5 heteroatoms. The van der Waals surface area contributed by atoms with Crippen molar-refractivity contribution in [3.05, 3.63) is 23.8 Å². The highest BCUT2D eigenvalue weighted by Gasteiger charge is 2.24. The minimum Gasteiger partial charge on any atom is -0.399 e. The molecule has 88 valence electrons. The maximum atomic E-state index is 11.9. The lowest BCUT2D eigenvalue weighted by Gasteiger charge is -2.26. The van der Waals surface area contributed by atoms with Gasteiger partial charge in [-0.25, -0.2) is 13.1 Å². The number of anilines is 1. The van der Waals surface area contributed by atoms with Crippen molar-refractivity contribution in [3.8, 4) is 0 Å². The highest BCUT2D eigenvalue weighted by atomic mass is 32.2. The highest BCUT2D eigenvalue weighted by molar-refractivity contribution is 7.89. The summed E-state index contributed by atoms with van der Waals surface area (Å²) in [5, 5.41) is 0. The minimum absolute atomic E-state index is 0.114. The first kappa shape index (κ1) is 11.4. The van der Waals surface area contributed by atoms with E-state index in [0.29, 0.717) is 10.6 Å². The van der Waals surface area contributed by atoms with Gasteiger partial charge in [0.2, 0.25) is 10.0 Å². The normalized spacial score (nSPS) is 17.1. The summed E-state index contributed by atoms with van der Waals surface area (Å²) in [5.41, 5.74) is 7.06. The lowest BCUT2D eigenvalue weighted by Crippen LogP contribution is -2.39. The molecule has 0 atom stereocenters. The Morgan fingerprint density at radius 2 is 2.06 bits per heavy atom. The first-order valence-corrected chi connectivity index (χ1v) is 6.86. The van der Waals surface area contributed by atoms with E-state index in [1.807, 2.05) is 0 Å². The maximum Gasteiger partial charge on any atom is 0.240 e. The number of nitrogens with two attached hydrogens (primary N) is 1. The van der Waals surface area contributed by atoms with E-state index in [1.54, 1.807) is 25.1 Å². The van der Waals surface area contributed by atoms with Gasteiger partial charge in [0.25, 0.3) is 0 Å². The molecule has 1 aromatic carbocycles. The lowest BCUT2D eigenvalue weighted by molar-refractivity contribution is 0.383. The molecule has 1 aliphatic carbocycles. The van der Waals surface area contributed by atoms with Crippen molar-refractivity contribution in [2.75, 3.05) is 5.73 Å². The second-order valence-electron chi connectivity index (χ2n) is 4.27. The largest absolute Gasteiger partial charge is 0.399 e. The summed E-state index contributed by atoms with van der Waals surface area (Å²) in [6.45, 7) is 1.80. The van der Waals surface area contributed by atoms with Crippen LogP contribution in [-0.2, 0) is 10.0 Å². The van der Waals surface area contributed by atoms with Crippen LogP contribution in [0, 0.1) is 6.92 Å². The molecule has 0 radical (unpaired) electrons. The van der Waals surface area contributed by atoms with E-state index in [9.17, 15) is 8.42 Å². The molecule has 0 saturated heterocycles. The summed E-state index contributed by atoms with van der Waals surface area (Å²) in [7, 11) is -3.37. The third kappa shape index (κ3) is 2.20. The summed E-state index contributed by atoms with van der Waals surface area (Å²) in [4.78, 5) is 0.297. The SMILES string of the molecule is Cc1cc(S(=O)(=O)NC2CCC2)ccc1N. The Bertz CT molecular complexity index is 493. The predicted molar refractivity (Wildman–Crippen MR) is 63.6 cm³/mol. The van der Waals surface area contributed by atoms with E-state index in [4.69, 9.17) is 5.73 Å². The average Bonchev–Trinajstić information content (AvgIpc) is 2.16. The molecule has 0 bridgehead atoms. The Balaban J connectivity index is 2.24. The summed E-state index contributed by atoms with van der Waals surface area (Å²) >= 11 is 0. The van der Waals surface area contributed by atoms with Crippen molar-refractivity contribution in [2.45, 2.75) is 37.1 Å². The Morgan fingerprint density at radius 1 is 1.38 bits per heavy atom. The third-order valence-corrected chi connectivity index (χ3v) is 4.50. The van der Waals surface area contributed by atoms with Crippen LogP contribution in [0.4, 0.5) is 5.69 Å². The van der Waals surface area contributed by atoms with Gasteiger partial charge in [-0.05, 0) is 43.5 Å². The minimum atomic E-state index is -3.37. The van der Waals surface area contributed by atoms with Crippen LogP contribution in [-0.4, -0.2) is 14.5 Å². The number of nitrogens with one attached hydrogen (secondary N) is 1. The molecule has 4 nitrogen and oxygen atoms in total. The third-order valence-electron chi connectivity index (χ3n) is 2.98. The van der Waals surface area contributed by atoms with Crippen LogP contribution in [0.25, 0.3) is 0 Å². The molecule has 2 rings (SSSR count). The van der Waals surface area contributed by atoms with E-state index < -0.39 is 10.0 Å². The van der Waals surface area contributed by atoms with Crippen molar-refractivity contribution < 1.29 is 8.42 Å². The van der Waals surface area contributed by atoms with Gasteiger partial charge in [-0.3, -0.25) is 0 Å². The molecule has 1 fully saturated rings. The fraction of sp³-hybridized carbons (Fsp3) is 0.455. The number of benzene rings is 1. The zero-order chi connectivity index (χ0) is 11.8. The molecule has 1 saturated carbocycles. The first-order valence-electron chi connectivity index (χ1n) is 5.37. The van der Waals surface area contributed by atoms with Gasteiger partial charge >= 0.3 is 0 Å². The number of aryl methyl sites for hydroxylation is 1. The number of hydrogen-bond donors (Lipinski definition) is 2. The first-order chi connectivity index (χ1) is 7.49. The van der Waals surface area contributed by atoms with Gasteiger partial charge in [0, 0.05) is 11.7 Å². The van der Waals surface area contributed by atoms with E-state index in [0.717, 1.165) is 24.8 Å². The quantitative estimate of drug-likeness (QED) is 0.785. The Morgan fingerprint density at radius 3 is 2.56 bits per heavy atom. The Kier molecular flexibility index (Phi) is 2.90. The molecule has 0 aromatic heterocycles. The van der Waals surface area contributed by atoms with Gasteiger partial charge in [0.05, 0.1) is 4.90 Å². The number of nitrogen functional groups attached to an aromatic ring is 1. The zero-order valence-electron chi connectivity index (χ0n) is 9.23. The van der Waals surface area contributed by atoms with Crippen LogP contribution in [0.5, 0.6) is 0 Å². The van der Waals surface area contributed by atoms with Gasteiger partial charge in [-0.1, -0.05) is 6.42 Å². The number of sulfonamides is 1. The second kappa shape index (κ2) is 4.07. The lowest BCUT2D eigenvalue weighted by atomic mass is 9.94. The van der Waals surface area contributed by atoms with Crippen LogP contribution >= 0.6 is 0 Å². The van der Waals surface area contributed by atoms with Crippen LogP contribution in [0.1, 0.15) is 24.8 Å². The molecule has 1 aromatic rings. The monoisotopic (exact) mass is 240 g/mol. The summed E-state index contributed by atoms with van der Waals surface area (Å²) in [6, 6.07) is 4.90. The molecule has 16 heavy (non-hydrogen) atoms. The fourth-order valence-electron chi connectivity index (χ4n) is 1.63. The molecule has 3 N–H and O–H groups in total. The van der Waals surface area contributed by atoms with Crippen molar-refractivity contribution in [3.63, 3.8) is 0 Å². The van der Waals surface area contributed by atoms with Crippen molar-refractivity contribution in [2.24, 2.45) is 0 Å². The smallest absolute Gasteiger partial charge is 0.240 e. The van der Waals surface area contributed by atoms with Gasteiger partial charge < -0.3 is 5.73 Å². The van der Waals surface area contributed by atoms with Gasteiger partial charge in [-0.15, -0.1) is 0 Å². The summed E-state index contributed by atoms with van der Waals surface area (Å²) in [5.74, 6) is 0. The predicted octanol–water partition coefficient (Wildman–Crippen LogP) is 1.41. The summed E-state index contributed by atoms with van der Waals surface area (Å²) in [6.07, 6.45) is 2.98. The van der Waals surface area contributed by atoms with E-state index in [1.165, 1.54) is 0 Å². The van der Waals surface area contributed by atoms with Gasteiger partial charge in [-0.2, -0.15) is 0 Å². The molecular weight excluding hydrogens is 224 g/mol. The van der Waals surface area contributed by atoms with Gasteiger partial charge in [0.15, 0.2) is 0 Å². The summed E-state index contributed by atoms with van der Waals surface area (Å²) < 4.78 is 26.6. The molecule has 1 aliphatic rings. The Hall–Kier alpha value is -1.07. The standard InChI is InChI=1S/C11H16N2O2S/c1-8-7-10(5-6-11(8)12)16(14,15)13-9-3-2-4-9/h5-7,9,13H,2-4,12H2,1H3. The topological polar surface area (TPSA) is 72.2 Å². The van der Waals surface area contributed by atoms with E-state index in [-0.39, 0.29) is 6.04 Å². The molecule has 0 amide bonds. The molecule has 0 aliphatic heterocycles. The van der Waals surface area contributed by atoms with E-state index >= 15 is 0 Å². The molecule has 0 heterocycles. The van der Waals surface area contributed by atoms with Crippen molar-refractivity contribution >= 4 is 15.7 Å². The molecular formula is C11H16N2O2S. The number of rotatable bonds is 3. The van der Waals surface area contributed by atoms with Crippen molar-refractivity contribution in [1.82, 2.24) is 4.72 Å². The van der Waals surface area contributed by atoms with Gasteiger partial charge in [0.1, 0.15) is 0 Å². The Labute approximate surface area is 95.9 Å². The molecule has 0 unspecified atom stereocenters. The average molecular weight is 240 g/mol. The zero-order valence-corrected chi connectivity index (χ0v) is 10.0. The van der Waals surface area contributed by atoms with Crippen LogP contribution < -0.4 is 10.5 Å². The number of hydrogen-bond acceptors (Lipinski definition) is 3. The van der Waals surface area contributed by atoms with Crippen LogP contribution in [0.2, 0.25) is 0 Å². The second-order valence-corrected chi connectivity index (χ2v) is 5.98.